The third-order valence-electron chi connectivity index (χ3n) is 2.84. The molecule has 0 saturated carbocycles. The van der Waals surface area contributed by atoms with Gasteiger partial charge in [0, 0.05) is 25.8 Å². The number of nitrogens with two attached hydrogens (primary N) is 1. The monoisotopic (exact) mass is 299 g/mol. The van der Waals surface area contributed by atoms with Crippen LogP contribution in [0.3, 0.4) is 0 Å². The Morgan fingerprint density at radius 2 is 2.20 bits per heavy atom. The molecule has 0 aliphatic carbocycles. The molecule has 0 saturated heterocycles. The van der Waals surface area contributed by atoms with E-state index < -0.39 is 0 Å². The van der Waals surface area contributed by atoms with Crippen molar-refractivity contribution >= 4 is 23.1 Å². The summed E-state index contributed by atoms with van der Waals surface area (Å²) < 4.78 is 5.14. The summed E-state index contributed by atoms with van der Waals surface area (Å²) in [5.74, 6) is 0.553. The molecule has 0 bridgehead atoms. The first-order valence-electron chi connectivity index (χ1n) is 6.51. The second kappa shape index (κ2) is 7.97. The van der Waals surface area contributed by atoms with Gasteiger partial charge >= 0.3 is 0 Å². The van der Waals surface area contributed by atoms with Crippen LogP contribution in [0.1, 0.15) is 19.4 Å². The maximum Gasteiger partial charge on any atom is 0.170 e. The van der Waals surface area contributed by atoms with E-state index in [4.69, 9.17) is 27.3 Å². The Kier molecular flexibility index (Phi) is 6.61. The van der Waals surface area contributed by atoms with Gasteiger partial charge in [-0.2, -0.15) is 0 Å². The summed E-state index contributed by atoms with van der Waals surface area (Å²) in [5, 5.41) is 12.2. The summed E-state index contributed by atoms with van der Waals surface area (Å²) in [5.41, 5.74) is 7.08. The fourth-order valence-electron chi connectivity index (χ4n) is 1.93. The van der Waals surface area contributed by atoms with Crippen LogP contribution < -0.4 is 10.6 Å². The van der Waals surface area contributed by atoms with Crippen LogP contribution in [0, 0.1) is 5.92 Å². The van der Waals surface area contributed by atoms with Crippen molar-refractivity contribution in [1.29, 1.82) is 0 Å². The number of anilines is 1. The molecule has 0 heterocycles. The van der Waals surface area contributed by atoms with Crippen LogP contribution in [-0.2, 0) is 4.74 Å². The highest BCUT2D eigenvalue weighted by Gasteiger charge is 2.13. The number of ether oxygens (including phenoxy) is 1. The van der Waals surface area contributed by atoms with Gasteiger partial charge in [-0.1, -0.05) is 30.6 Å². The van der Waals surface area contributed by atoms with Crippen LogP contribution in [0.25, 0.3) is 0 Å². The van der Waals surface area contributed by atoms with E-state index in [2.05, 4.69) is 23.9 Å². The largest absolute Gasteiger partial charge is 0.409 e. The van der Waals surface area contributed by atoms with Gasteiger partial charge in [0.1, 0.15) is 0 Å². The Morgan fingerprint density at radius 3 is 2.70 bits per heavy atom. The first-order chi connectivity index (χ1) is 9.49. The van der Waals surface area contributed by atoms with Crippen molar-refractivity contribution < 1.29 is 9.94 Å². The van der Waals surface area contributed by atoms with Crippen molar-refractivity contribution in [2.24, 2.45) is 16.8 Å². The molecule has 5 nitrogen and oxygen atoms in total. The molecule has 0 aliphatic rings. The Morgan fingerprint density at radius 1 is 1.50 bits per heavy atom. The molecule has 1 aromatic rings. The summed E-state index contributed by atoms with van der Waals surface area (Å²) in [6.45, 7) is 6.57. The van der Waals surface area contributed by atoms with E-state index in [9.17, 15) is 0 Å². The summed E-state index contributed by atoms with van der Waals surface area (Å²) in [6.07, 6.45) is 0. The first kappa shape index (κ1) is 16.6. The highest BCUT2D eigenvalue weighted by molar-refractivity contribution is 6.33. The Hall–Kier alpha value is -1.46. The van der Waals surface area contributed by atoms with Gasteiger partial charge in [0.15, 0.2) is 5.84 Å². The molecule has 3 N–H and O–H groups in total. The number of rotatable bonds is 7. The normalized spacial score (nSPS) is 11.9. The van der Waals surface area contributed by atoms with Crippen molar-refractivity contribution in [3.8, 4) is 0 Å². The third-order valence-corrected chi connectivity index (χ3v) is 3.15. The molecule has 0 atom stereocenters. The summed E-state index contributed by atoms with van der Waals surface area (Å²) in [4.78, 5) is 2.17. The van der Waals surface area contributed by atoms with E-state index in [0.29, 0.717) is 23.1 Å². The van der Waals surface area contributed by atoms with Crippen LogP contribution in [0.4, 0.5) is 5.69 Å². The lowest BCUT2D eigenvalue weighted by Crippen LogP contribution is -2.31. The number of benzene rings is 1. The van der Waals surface area contributed by atoms with E-state index in [1.54, 1.807) is 19.2 Å². The Labute approximate surface area is 125 Å². The average molecular weight is 300 g/mol. The van der Waals surface area contributed by atoms with E-state index in [1.807, 2.05) is 6.07 Å². The van der Waals surface area contributed by atoms with Crippen LogP contribution in [0.15, 0.2) is 23.4 Å². The van der Waals surface area contributed by atoms with Crippen LogP contribution >= 0.6 is 11.6 Å². The van der Waals surface area contributed by atoms with Gasteiger partial charge < -0.3 is 20.6 Å². The molecular weight excluding hydrogens is 278 g/mol. The summed E-state index contributed by atoms with van der Waals surface area (Å²) in [7, 11) is 1.68. The lowest BCUT2D eigenvalue weighted by atomic mass is 10.1. The smallest absolute Gasteiger partial charge is 0.170 e. The SMILES string of the molecule is COCCN(CC(C)C)c1ccc(C(N)=NO)cc1Cl. The van der Waals surface area contributed by atoms with E-state index in [1.165, 1.54) is 0 Å². The summed E-state index contributed by atoms with van der Waals surface area (Å²) in [6, 6.07) is 5.37. The lowest BCUT2D eigenvalue weighted by Gasteiger charge is -2.27. The van der Waals surface area contributed by atoms with Gasteiger partial charge in [0.25, 0.3) is 0 Å². The zero-order chi connectivity index (χ0) is 15.1. The molecule has 0 amide bonds. The van der Waals surface area contributed by atoms with Gasteiger partial charge in [-0.05, 0) is 24.1 Å². The first-order valence-corrected chi connectivity index (χ1v) is 6.88. The van der Waals surface area contributed by atoms with Crippen molar-refractivity contribution in [1.82, 2.24) is 0 Å². The minimum absolute atomic E-state index is 0.0470. The van der Waals surface area contributed by atoms with Gasteiger partial charge in [0.05, 0.1) is 17.3 Å². The average Bonchev–Trinajstić information content (AvgIpc) is 2.42. The quantitative estimate of drug-likeness (QED) is 0.351. The topological polar surface area (TPSA) is 71.1 Å². The number of oxime groups is 1. The minimum Gasteiger partial charge on any atom is -0.409 e. The Balaban J connectivity index is 3.01. The molecular formula is C14H22ClN3O2. The van der Waals surface area contributed by atoms with E-state index in [0.717, 1.165) is 18.8 Å². The highest BCUT2D eigenvalue weighted by Crippen LogP contribution is 2.27. The van der Waals surface area contributed by atoms with Gasteiger partial charge in [-0.3, -0.25) is 0 Å². The maximum atomic E-state index is 8.69. The standard InChI is InChI=1S/C14H22ClN3O2/c1-10(2)9-18(6-7-20-3)13-5-4-11(8-12(13)15)14(16)17-19/h4-5,8,10,19H,6-7,9H2,1-3H3,(H2,16,17). The number of amidine groups is 1. The molecule has 0 unspecified atom stereocenters. The number of halogens is 1. The molecule has 0 fully saturated rings. The predicted octanol–water partition coefficient (Wildman–Crippen LogP) is 2.54. The Bertz CT molecular complexity index is 464. The fourth-order valence-corrected chi connectivity index (χ4v) is 2.23. The van der Waals surface area contributed by atoms with Gasteiger partial charge in [0.2, 0.25) is 0 Å². The van der Waals surface area contributed by atoms with Crippen molar-refractivity contribution in [2.45, 2.75) is 13.8 Å². The summed E-state index contributed by atoms with van der Waals surface area (Å²) >= 11 is 6.31. The second-order valence-electron chi connectivity index (χ2n) is 4.98. The zero-order valence-electron chi connectivity index (χ0n) is 12.1. The van der Waals surface area contributed by atoms with Gasteiger partial charge in [-0.15, -0.1) is 0 Å². The van der Waals surface area contributed by atoms with Crippen molar-refractivity contribution in [3.63, 3.8) is 0 Å². The third kappa shape index (κ3) is 4.58. The molecule has 1 aromatic carbocycles. The molecule has 0 radical (unpaired) electrons. The van der Waals surface area contributed by atoms with Crippen LogP contribution in [0.5, 0.6) is 0 Å². The molecule has 20 heavy (non-hydrogen) atoms. The molecule has 0 spiro atoms. The number of nitrogens with zero attached hydrogens (tertiary/aromatic N) is 2. The molecule has 112 valence electrons. The number of hydrogen-bond acceptors (Lipinski definition) is 4. The predicted molar refractivity (Wildman–Crippen MR) is 82.9 cm³/mol. The number of hydrogen-bond donors (Lipinski definition) is 2. The van der Waals surface area contributed by atoms with E-state index >= 15 is 0 Å². The van der Waals surface area contributed by atoms with Gasteiger partial charge in [-0.25, -0.2) is 0 Å². The highest BCUT2D eigenvalue weighted by atomic mass is 35.5. The minimum atomic E-state index is 0.0470. The van der Waals surface area contributed by atoms with E-state index in [-0.39, 0.29) is 5.84 Å². The second-order valence-corrected chi connectivity index (χ2v) is 5.39. The number of methoxy groups -OCH3 is 1. The van der Waals surface area contributed by atoms with Crippen LogP contribution in [-0.4, -0.2) is 37.8 Å². The fraction of sp³-hybridized carbons (Fsp3) is 0.500. The molecule has 1 rings (SSSR count). The maximum absolute atomic E-state index is 8.69. The van der Waals surface area contributed by atoms with Crippen LogP contribution in [0.2, 0.25) is 5.02 Å². The molecule has 0 aromatic heterocycles. The molecule has 6 heteroatoms. The molecule has 0 aliphatic heterocycles. The van der Waals surface area contributed by atoms with Crippen molar-refractivity contribution in [3.05, 3.63) is 28.8 Å². The zero-order valence-corrected chi connectivity index (χ0v) is 12.9. The van der Waals surface area contributed by atoms with Crippen molar-refractivity contribution in [2.75, 3.05) is 31.7 Å². The lowest BCUT2D eigenvalue weighted by molar-refractivity contribution is 0.204.